The van der Waals surface area contributed by atoms with E-state index in [0.29, 0.717) is 31.8 Å². The third-order valence-electron chi connectivity index (χ3n) is 7.93. The van der Waals surface area contributed by atoms with Crippen molar-refractivity contribution < 1.29 is 9.59 Å². The Morgan fingerprint density at radius 2 is 1.35 bits per heavy atom. The molecule has 0 aromatic heterocycles. The molecule has 0 aromatic rings. The average molecular weight is 525 g/mol. The number of rotatable bonds is 19. The van der Waals surface area contributed by atoms with Gasteiger partial charge in [0.05, 0.1) is 0 Å². The molecule has 6 heteroatoms. The first-order valence-corrected chi connectivity index (χ1v) is 14.7. The standard InChI is InChI=1S/C31H64N4O2/c1-13-31(11,21-28(4,5)6)24-34-27(37)16-20-35(12)19-14-17-32-18-15-26(36)33-23-29(7,8)22-30(9,10)25(2)3/h25,32H,13-24H2,1-12H3,(H,33,36)(H,34,37). The highest BCUT2D eigenvalue weighted by atomic mass is 16.2. The molecule has 3 N–H and O–H groups in total. The van der Waals surface area contributed by atoms with E-state index in [1.54, 1.807) is 0 Å². The molecule has 0 saturated carbocycles. The highest BCUT2D eigenvalue weighted by molar-refractivity contribution is 5.76. The predicted octanol–water partition coefficient (Wildman–Crippen LogP) is 5.86. The van der Waals surface area contributed by atoms with Crippen LogP contribution in [0.2, 0.25) is 0 Å². The molecule has 0 bridgehead atoms. The van der Waals surface area contributed by atoms with Crippen LogP contribution in [0.3, 0.4) is 0 Å². The number of hydrogen-bond acceptors (Lipinski definition) is 4. The lowest BCUT2D eigenvalue weighted by Crippen LogP contribution is -2.39. The third-order valence-corrected chi connectivity index (χ3v) is 7.93. The lowest BCUT2D eigenvalue weighted by molar-refractivity contribution is -0.122. The van der Waals surface area contributed by atoms with Crippen LogP contribution in [0.15, 0.2) is 0 Å². The second-order valence-electron chi connectivity index (χ2n) is 14.8. The molecule has 0 rings (SSSR count). The molecule has 0 aromatic carbocycles. The van der Waals surface area contributed by atoms with Gasteiger partial charge in [-0.2, -0.15) is 0 Å². The van der Waals surface area contributed by atoms with Gasteiger partial charge in [0.1, 0.15) is 0 Å². The van der Waals surface area contributed by atoms with Gasteiger partial charge >= 0.3 is 0 Å². The first-order valence-electron chi connectivity index (χ1n) is 14.7. The van der Waals surface area contributed by atoms with E-state index < -0.39 is 0 Å². The summed E-state index contributed by atoms with van der Waals surface area (Å²) in [4.78, 5) is 26.9. The van der Waals surface area contributed by atoms with Crippen molar-refractivity contribution in [3.63, 3.8) is 0 Å². The lowest BCUT2D eigenvalue weighted by atomic mass is 9.69. The van der Waals surface area contributed by atoms with Crippen molar-refractivity contribution in [3.05, 3.63) is 0 Å². The van der Waals surface area contributed by atoms with Crippen LogP contribution in [0.5, 0.6) is 0 Å². The maximum atomic E-state index is 12.4. The highest BCUT2D eigenvalue weighted by Crippen LogP contribution is 2.38. The normalized spacial score (nSPS) is 14.6. The Hall–Kier alpha value is -1.14. The Morgan fingerprint density at radius 3 is 1.89 bits per heavy atom. The van der Waals surface area contributed by atoms with Crippen LogP contribution in [-0.4, -0.2) is 63.0 Å². The number of nitrogens with zero attached hydrogens (tertiary/aromatic N) is 1. The second-order valence-corrected chi connectivity index (χ2v) is 14.8. The maximum absolute atomic E-state index is 12.4. The average Bonchev–Trinajstić information content (AvgIpc) is 2.75. The fourth-order valence-corrected chi connectivity index (χ4v) is 5.12. The summed E-state index contributed by atoms with van der Waals surface area (Å²) in [7, 11) is 2.07. The molecule has 37 heavy (non-hydrogen) atoms. The minimum absolute atomic E-state index is 0.0838. The topological polar surface area (TPSA) is 73.5 Å². The summed E-state index contributed by atoms with van der Waals surface area (Å²) in [5.41, 5.74) is 0.744. The van der Waals surface area contributed by atoms with Crippen molar-refractivity contribution in [2.45, 2.75) is 115 Å². The SMILES string of the molecule is CCC(C)(CNC(=O)CCN(C)CCCNCCC(=O)NCC(C)(C)CC(C)(C)C(C)C)CC(C)(C)C. The van der Waals surface area contributed by atoms with Gasteiger partial charge in [-0.25, -0.2) is 0 Å². The number of carbonyl (C=O) groups excluding carboxylic acids is 2. The van der Waals surface area contributed by atoms with E-state index in [4.69, 9.17) is 0 Å². The highest BCUT2D eigenvalue weighted by Gasteiger charge is 2.31. The third kappa shape index (κ3) is 17.9. The molecule has 1 atom stereocenters. The molecule has 1 unspecified atom stereocenters. The molecule has 0 aliphatic rings. The summed E-state index contributed by atoms with van der Waals surface area (Å²) < 4.78 is 0. The van der Waals surface area contributed by atoms with E-state index in [1.165, 1.54) is 0 Å². The fraction of sp³-hybridized carbons (Fsp3) is 0.935. The van der Waals surface area contributed by atoms with Gasteiger partial charge in [-0.3, -0.25) is 9.59 Å². The Labute approximate surface area is 230 Å². The van der Waals surface area contributed by atoms with Gasteiger partial charge in [0.15, 0.2) is 0 Å². The van der Waals surface area contributed by atoms with Gasteiger partial charge in [0.2, 0.25) is 11.8 Å². The number of amides is 2. The minimum atomic E-state index is 0.0838. The van der Waals surface area contributed by atoms with E-state index in [9.17, 15) is 9.59 Å². The van der Waals surface area contributed by atoms with Crippen LogP contribution in [0.4, 0.5) is 0 Å². The smallest absolute Gasteiger partial charge is 0.221 e. The number of carbonyl (C=O) groups is 2. The molecule has 6 nitrogen and oxygen atoms in total. The molecule has 220 valence electrons. The monoisotopic (exact) mass is 525 g/mol. The zero-order valence-corrected chi connectivity index (χ0v) is 26.8. The first kappa shape index (κ1) is 35.9. The quantitative estimate of drug-likeness (QED) is 0.185. The van der Waals surface area contributed by atoms with Crippen molar-refractivity contribution in [2.24, 2.45) is 27.6 Å². The van der Waals surface area contributed by atoms with Crippen LogP contribution < -0.4 is 16.0 Å². The maximum Gasteiger partial charge on any atom is 0.221 e. The van der Waals surface area contributed by atoms with Crippen LogP contribution >= 0.6 is 0 Å². The molecule has 0 fully saturated rings. The molecule has 0 aliphatic carbocycles. The van der Waals surface area contributed by atoms with Crippen LogP contribution in [0.1, 0.15) is 115 Å². The summed E-state index contributed by atoms with van der Waals surface area (Å²) in [5, 5.41) is 9.68. The summed E-state index contributed by atoms with van der Waals surface area (Å²) in [5.74, 6) is 0.872. The Kier molecular flexibility index (Phi) is 15.6. The number of hydrogen-bond donors (Lipinski definition) is 3. The molecular weight excluding hydrogens is 460 g/mol. The van der Waals surface area contributed by atoms with Gasteiger partial charge in [-0.05, 0) is 73.4 Å². The van der Waals surface area contributed by atoms with Gasteiger partial charge < -0.3 is 20.9 Å². The van der Waals surface area contributed by atoms with E-state index in [2.05, 4.69) is 104 Å². The molecule has 0 saturated heterocycles. The zero-order chi connectivity index (χ0) is 28.9. The lowest BCUT2D eigenvalue weighted by Gasteiger charge is -2.38. The van der Waals surface area contributed by atoms with Crippen molar-refractivity contribution in [1.82, 2.24) is 20.9 Å². The van der Waals surface area contributed by atoms with Crippen LogP contribution in [-0.2, 0) is 9.59 Å². The Morgan fingerprint density at radius 1 is 0.784 bits per heavy atom. The number of nitrogens with one attached hydrogen (secondary N) is 3. The molecule has 0 spiro atoms. The molecule has 0 radical (unpaired) electrons. The molecular formula is C31H64N4O2. The molecule has 2 amide bonds. The fourth-order valence-electron chi connectivity index (χ4n) is 5.12. The van der Waals surface area contributed by atoms with Crippen LogP contribution in [0, 0.1) is 27.6 Å². The summed E-state index contributed by atoms with van der Waals surface area (Å²) >= 11 is 0. The largest absolute Gasteiger partial charge is 0.356 e. The summed E-state index contributed by atoms with van der Waals surface area (Å²) in [6, 6.07) is 0. The Balaban J connectivity index is 4.01. The van der Waals surface area contributed by atoms with E-state index in [0.717, 1.165) is 51.9 Å². The summed E-state index contributed by atoms with van der Waals surface area (Å²) in [6.07, 6.45) is 5.28. The van der Waals surface area contributed by atoms with E-state index >= 15 is 0 Å². The predicted molar refractivity (Wildman–Crippen MR) is 160 cm³/mol. The minimum Gasteiger partial charge on any atom is -0.356 e. The van der Waals surface area contributed by atoms with Crippen molar-refractivity contribution in [1.29, 1.82) is 0 Å². The van der Waals surface area contributed by atoms with Gasteiger partial charge in [-0.1, -0.05) is 76.2 Å². The molecule has 0 aliphatic heterocycles. The molecule has 0 heterocycles. The van der Waals surface area contributed by atoms with Crippen molar-refractivity contribution in [3.8, 4) is 0 Å². The van der Waals surface area contributed by atoms with Gasteiger partial charge in [0.25, 0.3) is 0 Å². The van der Waals surface area contributed by atoms with E-state index in [-0.39, 0.29) is 33.5 Å². The van der Waals surface area contributed by atoms with Gasteiger partial charge in [-0.15, -0.1) is 0 Å². The first-order chi connectivity index (χ1) is 16.8. The second kappa shape index (κ2) is 16.1. The van der Waals surface area contributed by atoms with Crippen molar-refractivity contribution >= 4 is 11.8 Å². The van der Waals surface area contributed by atoms with Crippen LogP contribution in [0.25, 0.3) is 0 Å². The van der Waals surface area contributed by atoms with E-state index in [1.807, 2.05) is 0 Å². The summed E-state index contributed by atoms with van der Waals surface area (Å²) in [6.45, 7) is 29.7. The van der Waals surface area contributed by atoms with Crippen molar-refractivity contribution in [2.75, 3.05) is 46.3 Å². The van der Waals surface area contributed by atoms with Gasteiger partial charge in [0, 0.05) is 39.0 Å². The zero-order valence-electron chi connectivity index (χ0n) is 26.8. The Bertz CT molecular complexity index is 667.